The van der Waals surface area contributed by atoms with Gasteiger partial charge in [0, 0.05) is 6.54 Å². The molecule has 8 heteroatoms. The topological polar surface area (TPSA) is 72.3 Å². The number of nitrogens with zero attached hydrogens (tertiary/aromatic N) is 4. The Kier molecular flexibility index (Phi) is 5.06. The third-order valence-electron chi connectivity index (χ3n) is 5.25. The molecule has 2 aliphatic heterocycles. The summed E-state index contributed by atoms with van der Waals surface area (Å²) in [4.78, 5) is 15.0. The second-order valence-electron chi connectivity index (χ2n) is 7.15. The van der Waals surface area contributed by atoms with E-state index in [1.54, 1.807) is 11.3 Å². The number of carbonyl (C=O) groups is 1. The number of ether oxygens (including phenoxy) is 1. The van der Waals surface area contributed by atoms with Gasteiger partial charge in [-0.05, 0) is 62.2 Å². The van der Waals surface area contributed by atoms with Crippen LogP contribution in [0.2, 0.25) is 0 Å². The molecular formula is C18H25N5O2S. The summed E-state index contributed by atoms with van der Waals surface area (Å²) in [7, 11) is 0. The largest absolute Gasteiger partial charge is 0.367 e. The molecule has 26 heavy (non-hydrogen) atoms. The highest BCUT2D eigenvalue weighted by Gasteiger charge is 2.33. The molecule has 1 amide bonds. The van der Waals surface area contributed by atoms with Gasteiger partial charge in [-0.25, -0.2) is 4.68 Å². The number of hydrogen-bond acceptors (Lipinski definition) is 6. The van der Waals surface area contributed by atoms with E-state index in [1.165, 1.54) is 0 Å². The lowest BCUT2D eigenvalue weighted by Crippen LogP contribution is -2.46. The van der Waals surface area contributed by atoms with Crippen molar-refractivity contribution in [3.05, 3.63) is 33.8 Å². The predicted molar refractivity (Wildman–Crippen MR) is 99.4 cm³/mol. The molecule has 2 aliphatic rings. The first-order chi connectivity index (χ1) is 12.6. The molecule has 0 spiro atoms. The predicted octanol–water partition coefficient (Wildman–Crippen LogP) is 2.17. The number of morpholine rings is 1. The average Bonchev–Trinajstić information content (AvgIpc) is 3.31. The molecule has 4 heterocycles. The molecule has 7 nitrogen and oxygen atoms in total. The molecule has 0 aromatic carbocycles. The summed E-state index contributed by atoms with van der Waals surface area (Å²) in [5.74, 6) is -0.0435. The van der Waals surface area contributed by atoms with Gasteiger partial charge in [-0.3, -0.25) is 4.79 Å². The summed E-state index contributed by atoms with van der Waals surface area (Å²) in [6.45, 7) is 7.07. The third-order valence-corrected chi connectivity index (χ3v) is 5.95. The summed E-state index contributed by atoms with van der Waals surface area (Å²) in [6, 6.07) is 2.39. The summed E-state index contributed by atoms with van der Waals surface area (Å²) in [5.41, 5.74) is 2.48. The van der Waals surface area contributed by atoms with E-state index < -0.39 is 0 Å². The van der Waals surface area contributed by atoms with Gasteiger partial charge in [-0.15, -0.1) is 5.10 Å². The maximum Gasteiger partial charge on any atom is 0.276 e. The zero-order chi connectivity index (χ0) is 18.1. The van der Waals surface area contributed by atoms with Crippen molar-refractivity contribution in [3.8, 4) is 0 Å². The van der Waals surface area contributed by atoms with Crippen LogP contribution in [0.1, 0.15) is 53.7 Å². The second-order valence-corrected chi connectivity index (χ2v) is 7.93. The van der Waals surface area contributed by atoms with Gasteiger partial charge in [0.25, 0.3) is 5.91 Å². The minimum absolute atomic E-state index is 0.00244. The standard InChI is InChI=1S/C18H25N5O2S/c1-12-9-22(10-16(25-12)14-5-8-26-11-14)18(24)17-13(2)23(21-20-17)15-3-6-19-7-4-15/h5,8,11-12,15-16,19H,3-4,6-7,9-10H2,1-2H3/t12-,16+/m0/s1. The molecule has 2 aromatic rings. The van der Waals surface area contributed by atoms with E-state index in [-0.39, 0.29) is 18.1 Å². The Balaban J connectivity index is 1.52. The van der Waals surface area contributed by atoms with Crippen LogP contribution in [-0.2, 0) is 4.74 Å². The van der Waals surface area contributed by atoms with Crippen molar-refractivity contribution in [1.29, 1.82) is 0 Å². The van der Waals surface area contributed by atoms with E-state index in [0.717, 1.165) is 37.2 Å². The molecule has 0 unspecified atom stereocenters. The Labute approximate surface area is 157 Å². The van der Waals surface area contributed by atoms with Gasteiger partial charge in [0.1, 0.15) is 6.10 Å². The van der Waals surface area contributed by atoms with E-state index >= 15 is 0 Å². The van der Waals surface area contributed by atoms with Crippen molar-refractivity contribution < 1.29 is 9.53 Å². The first kappa shape index (κ1) is 17.6. The maximum absolute atomic E-state index is 13.1. The van der Waals surface area contributed by atoms with Crippen LogP contribution < -0.4 is 5.32 Å². The highest BCUT2D eigenvalue weighted by molar-refractivity contribution is 7.07. The Morgan fingerprint density at radius 1 is 1.35 bits per heavy atom. The highest BCUT2D eigenvalue weighted by Crippen LogP contribution is 2.28. The van der Waals surface area contributed by atoms with Gasteiger partial charge in [-0.2, -0.15) is 11.3 Å². The van der Waals surface area contributed by atoms with Gasteiger partial charge < -0.3 is 15.0 Å². The summed E-state index contributed by atoms with van der Waals surface area (Å²) in [6.07, 6.45) is 1.96. The lowest BCUT2D eigenvalue weighted by atomic mass is 10.1. The van der Waals surface area contributed by atoms with Crippen LogP contribution in [0.5, 0.6) is 0 Å². The smallest absolute Gasteiger partial charge is 0.276 e. The van der Waals surface area contributed by atoms with Gasteiger partial charge >= 0.3 is 0 Å². The quantitative estimate of drug-likeness (QED) is 0.890. The molecule has 140 valence electrons. The minimum atomic E-state index is -0.0753. The van der Waals surface area contributed by atoms with E-state index in [0.29, 0.717) is 24.8 Å². The van der Waals surface area contributed by atoms with Gasteiger partial charge in [0.15, 0.2) is 5.69 Å². The monoisotopic (exact) mass is 375 g/mol. The molecule has 2 aromatic heterocycles. The Morgan fingerprint density at radius 2 is 2.15 bits per heavy atom. The summed E-state index contributed by atoms with van der Waals surface area (Å²) in [5, 5.41) is 16.0. The van der Waals surface area contributed by atoms with Crippen molar-refractivity contribution in [2.45, 2.75) is 44.9 Å². The molecule has 4 rings (SSSR count). The van der Waals surface area contributed by atoms with Gasteiger partial charge in [0.2, 0.25) is 0 Å². The lowest BCUT2D eigenvalue weighted by molar-refractivity contribution is -0.0691. The maximum atomic E-state index is 13.1. The fraction of sp³-hybridized carbons (Fsp3) is 0.611. The van der Waals surface area contributed by atoms with Crippen LogP contribution in [0.15, 0.2) is 16.8 Å². The summed E-state index contributed by atoms with van der Waals surface area (Å²) < 4.78 is 7.98. The third kappa shape index (κ3) is 3.41. The molecule has 1 N–H and O–H groups in total. The highest BCUT2D eigenvalue weighted by atomic mass is 32.1. The van der Waals surface area contributed by atoms with E-state index in [9.17, 15) is 4.79 Å². The Bertz CT molecular complexity index is 754. The normalized spacial score (nSPS) is 24.8. The van der Waals surface area contributed by atoms with Crippen molar-refractivity contribution in [2.75, 3.05) is 26.2 Å². The molecule has 0 saturated carbocycles. The second kappa shape index (κ2) is 7.46. The lowest BCUT2D eigenvalue weighted by Gasteiger charge is -2.36. The number of nitrogens with one attached hydrogen (secondary N) is 1. The molecule has 0 aliphatic carbocycles. The number of amides is 1. The zero-order valence-corrected chi connectivity index (χ0v) is 16.0. The number of carbonyl (C=O) groups excluding carboxylic acids is 1. The molecule has 2 saturated heterocycles. The van der Waals surface area contributed by atoms with Crippen LogP contribution in [0, 0.1) is 6.92 Å². The number of piperidine rings is 1. The van der Waals surface area contributed by atoms with E-state index in [1.807, 2.05) is 28.8 Å². The van der Waals surface area contributed by atoms with Crippen LogP contribution in [0.4, 0.5) is 0 Å². The molecule has 2 fully saturated rings. The Morgan fingerprint density at radius 3 is 2.88 bits per heavy atom. The average molecular weight is 375 g/mol. The first-order valence-electron chi connectivity index (χ1n) is 9.23. The fourth-order valence-electron chi connectivity index (χ4n) is 3.85. The van der Waals surface area contributed by atoms with Crippen LogP contribution in [-0.4, -0.2) is 58.1 Å². The Hall–Kier alpha value is -1.77. The molecular weight excluding hydrogens is 350 g/mol. The van der Waals surface area contributed by atoms with E-state index in [2.05, 4.69) is 27.1 Å². The fourth-order valence-corrected chi connectivity index (χ4v) is 4.55. The molecule has 0 bridgehead atoms. The molecule has 2 atom stereocenters. The number of aromatic nitrogens is 3. The number of thiophene rings is 1. The van der Waals surface area contributed by atoms with Gasteiger partial charge in [-0.1, -0.05) is 5.21 Å². The number of hydrogen-bond donors (Lipinski definition) is 1. The van der Waals surface area contributed by atoms with Crippen LogP contribution in [0.3, 0.4) is 0 Å². The van der Waals surface area contributed by atoms with Crippen molar-refractivity contribution in [2.24, 2.45) is 0 Å². The SMILES string of the molecule is Cc1c(C(=O)N2C[C@H](C)O[C@@H](c3ccsc3)C2)nnn1C1CCNCC1. The van der Waals surface area contributed by atoms with Crippen LogP contribution >= 0.6 is 11.3 Å². The van der Waals surface area contributed by atoms with Crippen LogP contribution in [0.25, 0.3) is 0 Å². The first-order valence-corrected chi connectivity index (χ1v) is 10.2. The van der Waals surface area contributed by atoms with Gasteiger partial charge in [0.05, 0.1) is 24.4 Å². The number of rotatable bonds is 3. The summed E-state index contributed by atoms with van der Waals surface area (Å²) >= 11 is 1.65. The molecule has 0 radical (unpaired) electrons. The zero-order valence-electron chi connectivity index (χ0n) is 15.2. The van der Waals surface area contributed by atoms with E-state index in [4.69, 9.17) is 4.74 Å². The van der Waals surface area contributed by atoms with Crippen molar-refractivity contribution >= 4 is 17.2 Å². The van der Waals surface area contributed by atoms with Crippen molar-refractivity contribution in [3.63, 3.8) is 0 Å². The van der Waals surface area contributed by atoms with Crippen molar-refractivity contribution in [1.82, 2.24) is 25.2 Å². The minimum Gasteiger partial charge on any atom is -0.367 e.